The monoisotopic (exact) mass is 366 g/mol. The van der Waals surface area contributed by atoms with Crippen molar-refractivity contribution in [3.8, 4) is 5.69 Å². The van der Waals surface area contributed by atoms with Crippen molar-refractivity contribution >= 4 is 38.9 Å². The van der Waals surface area contributed by atoms with E-state index in [1.54, 1.807) is 18.2 Å². The van der Waals surface area contributed by atoms with Crippen LogP contribution in [0.5, 0.6) is 0 Å². The van der Waals surface area contributed by atoms with E-state index in [0.29, 0.717) is 4.34 Å². The lowest BCUT2D eigenvalue weighted by atomic mass is 10.2. The zero-order valence-corrected chi connectivity index (χ0v) is 14.0. The highest BCUT2D eigenvalue weighted by atomic mass is 35.5. The number of aromatic nitrogens is 1. The van der Waals surface area contributed by atoms with E-state index in [2.05, 4.69) is 4.72 Å². The number of rotatable bonds is 4. The number of thiophene rings is 1. The Bertz CT molecular complexity index is 947. The second kappa shape index (κ2) is 6.19. The minimum absolute atomic E-state index is 0.00239. The Kier molecular flexibility index (Phi) is 4.25. The highest BCUT2D eigenvalue weighted by Gasteiger charge is 2.20. The van der Waals surface area contributed by atoms with Gasteiger partial charge in [0.15, 0.2) is 0 Å². The Balaban J connectivity index is 1.85. The first-order valence-corrected chi connectivity index (χ1v) is 9.19. The molecule has 0 spiro atoms. The molecule has 0 aliphatic carbocycles. The topological polar surface area (TPSA) is 68.2 Å². The van der Waals surface area contributed by atoms with Crippen LogP contribution in [0.25, 0.3) is 5.69 Å². The number of nitrogens with zero attached hydrogens (tertiary/aromatic N) is 1. The van der Waals surface area contributed by atoms with E-state index in [1.165, 1.54) is 12.1 Å². The highest BCUT2D eigenvalue weighted by molar-refractivity contribution is 7.92. The van der Waals surface area contributed by atoms with Gasteiger partial charge in [-0.15, -0.1) is 11.3 Å². The van der Waals surface area contributed by atoms with Gasteiger partial charge in [-0.25, -0.2) is 13.1 Å². The summed E-state index contributed by atoms with van der Waals surface area (Å²) in [7, 11) is -3.93. The summed E-state index contributed by atoms with van der Waals surface area (Å²) < 4.78 is 28.5. The van der Waals surface area contributed by atoms with Crippen LogP contribution >= 0.6 is 22.9 Å². The van der Waals surface area contributed by atoms with Crippen molar-refractivity contribution in [1.29, 1.82) is 0 Å². The van der Waals surface area contributed by atoms with Crippen molar-refractivity contribution < 1.29 is 13.2 Å². The van der Waals surface area contributed by atoms with Crippen LogP contribution in [0.15, 0.2) is 65.1 Å². The molecular formula is C15H11ClN2O3S2. The number of sulfonamides is 1. The second-order valence-corrected chi connectivity index (χ2v) is 8.26. The molecule has 2 heterocycles. The van der Waals surface area contributed by atoms with Crippen LogP contribution < -0.4 is 4.72 Å². The second-order valence-electron chi connectivity index (χ2n) is 4.63. The van der Waals surface area contributed by atoms with Crippen LogP contribution in [-0.4, -0.2) is 18.9 Å². The fraction of sp³-hybridized carbons (Fsp3) is 0. The van der Waals surface area contributed by atoms with Gasteiger partial charge in [-0.05, 0) is 42.5 Å². The maximum atomic E-state index is 12.2. The Hall–Kier alpha value is -2.09. The maximum absolute atomic E-state index is 12.2. The lowest BCUT2D eigenvalue weighted by molar-refractivity contribution is 0.0981. The van der Waals surface area contributed by atoms with E-state index in [-0.39, 0.29) is 9.77 Å². The van der Waals surface area contributed by atoms with Gasteiger partial charge >= 0.3 is 0 Å². The van der Waals surface area contributed by atoms with Crippen molar-refractivity contribution in [2.24, 2.45) is 0 Å². The molecular weight excluding hydrogens is 356 g/mol. The molecule has 0 aliphatic heterocycles. The molecule has 3 aromatic rings. The van der Waals surface area contributed by atoms with E-state index in [1.807, 2.05) is 35.2 Å². The van der Waals surface area contributed by atoms with E-state index in [9.17, 15) is 13.2 Å². The van der Waals surface area contributed by atoms with Gasteiger partial charge in [0.05, 0.1) is 4.34 Å². The number of amides is 1. The average molecular weight is 367 g/mol. The predicted octanol–water partition coefficient (Wildman–Crippen LogP) is 3.31. The van der Waals surface area contributed by atoms with Crippen molar-refractivity contribution in [2.45, 2.75) is 4.21 Å². The van der Waals surface area contributed by atoms with Crippen LogP contribution in [0.1, 0.15) is 10.4 Å². The molecule has 1 N–H and O–H groups in total. The quantitative estimate of drug-likeness (QED) is 0.770. The van der Waals surface area contributed by atoms with Crippen molar-refractivity contribution in [3.63, 3.8) is 0 Å². The van der Waals surface area contributed by atoms with Crippen LogP contribution in [0.3, 0.4) is 0 Å². The van der Waals surface area contributed by atoms with Gasteiger partial charge < -0.3 is 4.57 Å². The molecule has 0 saturated heterocycles. The van der Waals surface area contributed by atoms with Gasteiger partial charge in [-0.3, -0.25) is 4.79 Å². The number of carbonyl (C=O) groups is 1. The third kappa shape index (κ3) is 3.47. The molecule has 0 unspecified atom stereocenters. The van der Waals surface area contributed by atoms with Gasteiger partial charge in [0.1, 0.15) is 4.21 Å². The molecule has 0 radical (unpaired) electrons. The first-order chi connectivity index (χ1) is 11.0. The summed E-state index contributed by atoms with van der Waals surface area (Å²) in [4.78, 5) is 12.2. The fourth-order valence-electron chi connectivity index (χ4n) is 1.99. The van der Waals surface area contributed by atoms with E-state index in [0.717, 1.165) is 17.0 Å². The largest absolute Gasteiger partial charge is 0.324 e. The fourth-order valence-corrected chi connectivity index (χ4v) is 4.44. The number of carbonyl (C=O) groups excluding carboxylic acids is 1. The molecule has 0 aliphatic rings. The molecule has 0 atom stereocenters. The summed E-state index contributed by atoms with van der Waals surface area (Å²) in [5.74, 6) is -0.691. The first kappa shape index (κ1) is 15.8. The Morgan fingerprint density at radius 1 is 1.09 bits per heavy atom. The number of nitrogens with one attached hydrogen (secondary N) is 1. The van der Waals surface area contributed by atoms with Crippen molar-refractivity contribution in [1.82, 2.24) is 9.29 Å². The molecule has 1 amide bonds. The van der Waals surface area contributed by atoms with Gasteiger partial charge in [0.25, 0.3) is 15.9 Å². The number of hydrogen-bond acceptors (Lipinski definition) is 4. The summed E-state index contributed by atoms with van der Waals surface area (Å²) >= 11 is 6.63. The van der Waals surface area contributed by atoms with Crippen LogP contribution in [0, 0.1) is 0 Å². The number of hydrogen-bond donors (Lipinski definition) is 1. The molecule has 0 bridgehead atoms. The lowest BCUT2D eigenvalue weighted by Crippen LogP contribution is -2.30. The SMILES string of the molecule is O=C(NS(=O)(=O)c1ccc(Cl)s1)c1cccc(-n2cccc2)c1. The van der Waals surface area contributed by atoms with Crippen LogP contribution in [0.4, 0.5) is 0 Å². The minimum atomic E-state index is -3.93. The molecule has 118 valence electrons. The molecule has 3 rings (SSSR count). The highest BCUT2D eigenvalue weighted by Crippen LogP contribution is 2.25. The number of benzene rings is 1. The standard InChI is InChI=1S/C15H11ClN2O3S2/c16-13-6-7-14(22-13)23(20,21)17-15(19)11-4-3-5-12(10-11)18-8-1-2-9-18/h1-10H,(H,17,19). The van der Waals surface area contributed by atoms with Crippen molar-refractivity contribution in [3.05, 3.63) is 70.8 Å². The van der Waals surface area contributed by atoms with E-state index in [4.69, 9.17) is 11.6 Å². The molecule has 0 fully saturated rings. The number of halogens is 1. The molecule has 2 aromatic heterocycles. The summed E-state index contributed by atoms with van der Waals surface area (Å²) in [6.45, 7) is 0. The van der Waals surface area contributed by atoms with Crippen molar-refractivity contribution in [2.75, 3.05) is 0 Å². The summed E-state index contributed by atoms with van der Waals surface area (Å²) in [6.07, 6.45) is 3.67. The predicted molar refractivity (Wildman–Crippen MR) is 89.8 cm³/mol. The van der Waals surface area contributed by atoms with Gasteiger partial charge in [0.2, 0.25) is 0 Å². The van der Waals surface area contributed by atoms with Gasteiger partial charge in [0, 0.05) is 23.6 Å². The van der Waals surface area contributed by atoms with Crippen LogP contribution in [0.2, 0.25) is 4.34 Å². The Morgan fingerprint density at radius 3 is 2.48 bits per heavy atom. The van der Waals surface area contributed by atoms with Crippen LogP contribution in [-0.2, 0) is 10.0 Å². The lowest BCUT2D eigenvalue weighted by Gasteiger charge is -2.07. The molecule has 23 heavy (non-hydrogen) atoms. The summed E-state index contributed by atoms with van der Waals surface area (Å²) in [5, 5.41) is 0. The average Bonchev–Trinajstić information content (AvgIpc) is 3.18. The smallest absolute Gasteiger partial charge is 0.273 e. The normalized spacial score (nSPS) is 11.3. The van der Waals surface area contributed by atoms with Gasteiger partial charge in [-0.1, -0.05) is 17.7 Å². The minimum Gasteiger partial charge on any atom is -0.324 e. The third-order valence-electron chi connectivity index (χ3n) is 3.05. The van der Waals surface area contributed by atoms with E-state index >= 15 is 0 Å². The molecule has 5 nitrogen and oxygen atoms in total. The zero-order chi connectivity index (χ0) is 16.4. The Labute approximate surface area is 142 Å². The summed E-state index contributed by atoms with van der Waals surface area (Å²) in [5.41, 5.74) is 1.02. The zero-order valence-electron chi connectivity index (χ0n) is 11.6. The molecule has 0 saturated carbocycles. The summed E-state index contributed by atoms with van der Waals surface area (Å²) in [6, 6.07) is 13.2. The third-order valence-corrected chi connectivity index (χ3v) is 6.11. The maximum Gasteiger partial charge on any atom is 0.273 e. The van der Waals surface area contributed by atoms with Gasteiger partial charge in [-0.2, -0.15) is 0 Å². The Morgan fingerprint density at radius 2 is 1.83 bits per heavy atom. The molecule has 8 heteroatoms. The first-order valence-electron chi connectivity index (χ1n) is 6.51. The van der Waals surface area contributed by atoms with E-state index < -0.39 is 15.9 Å². The molecule has 1 aromatic carbocycles.